The number of hydrogen-bond donors (Lipinski definition) is 0. The quantitative estimate of drug-likeness (QED) is 0.600. The fraction of sp³-hybridized carbons (Fsp3) is 0.385. The van der Waals surface area contributed by atoms with Crippen molar-refractivity contribution in [1.82, 2.24) is 0 Å². The Morgan fingerprint density at radius 1 is 1.07 bits per heavy atom. The lowest BCUT2D eigenvalue weighted by molar-refractivity contribution is 0.757. The number of allylic oxidation sites excluding steroid dienone is 1. The van der Waals surface area contributed by atoms with Gasteiger partial charge in [0.15, 0.2) is 0 Å². The highest BCUT2D eigenvalue weighted by Crippen LogP contribution is 2.33. The smallest absolute Gasteiger partial charge is 0.0474 e. The van der Waals surface area contributed by atoms with Gasteiger partial charge in [0, 0.05) is 18.4 Å². The highest BCUT2D eigenvalue weighted by molar-refractivity contribution is 5.64. The maximum Gasteiger partial charge on any atom is 0.0474 e. The van der Waals surface area contributed by atoms with Crippen LogP contribution in [0.15, 0.2) is 30.5 Å². The second-order valence-electron chi connectivity index (χ2n) is 4.16. The molecule has 0 spiro atoms. The number of nitrogens with zero attached hydrogens (tertiary/aromatic N) is 1. The van der Waals surface area contributed by atoms with Crippen molar-refractivity contribution < 1.29 is 0 Å². The van der Waals surface area contributed by atoms with Crippen molar-refractivity contribution in [2.75, 3.05) is 11.4 Å². The molecular weight excluding hydrogens is 170 g/mol. The van der Waals surface area contributed by atoms with E-state index in [1.54, 1.807) is 5.56 Å². The van der Waals surface area contributed by atoms with Crippen molar-refractivity contribution in [3.8, 4) is 0 Å². The molecule has 72 valence electrons. The highest BCUT2D eigenvalue weighted by Gasteiger charge is 2.18. The Kier molecular flexibility index (Phi) is 1.83. The van der Waals surface area contributed by atoms with E-state index in [0.717, 1.165) is 6.42 Å². The van der Waals surface area contributed by atoms with Gasteiger partial charge in [-0.3, -0.25) is 0 Å². The van der Waals surface area contributed by atoms with E-state index in [1.807, 2.05) is 0 Å². The molecule has 1 heteroatoms. The monoisotopic (exact) mass is 185 g/mol. The van der Waals surface area contributed by atoms with Crippen LogP contribution >= 0.6 is 0 Å². The lowest BCUT2D eigenvalue weighted by Crippen LogP contribution is -2.20. The summed E-state index contributed by atoms with van der Waals surface area (Å²) < 4.78 is 0. The standard InChI is InChI=1S/C13H15N/c1-2-9-14-10-4-8-12-7-3-6-11(5-1)13(12)14/h3-4,6-7,10H,1-2,5,8-9H2. The number of rotatable bonds is 0. The maximum atomic E-state index is 2.43. The van der Waals surface area contributed by atoms with Crippen LogP contribution in [0.3, 0.4) is 0 Å². The van der Waals surface area contributed by atoms with Gasteiger partial charge in [-0.05, 0) is 36.8 Å². The molecule has 0 fully saturated rings. The molecule has 0 saturated carbocycles. The van der Waals surface area contributed by atoms with Gasteiger partial charge in [-0.1, -0.05) is 24.3 Å². The Morgan fingerprint density at radius 3 is 3.00 bits per heavy atom. The van der Waals surface area contributed by atoms with E-state index >= 15 is 0 Å². The lowest BCUT2D eigenvalue weighted by Gasteiger charge is -2.26. The summed E-state index contributed by atoms with van der Waals surface area (Å²) in [6, 6.07) is 6.76. The SMILES string of the molecule is C1=CN2CCCCc3cccc(c32)C1. The van der Waals surface area contributed by atoms with Crippen LogP contribution in [0, 0.1) is 0 Å². The molecule has 0 saturated heterocycles. The molecule has 3 rings (SSSR count). The number of anilines is 1. The van der Waals surface area contributed by atoms with E-state index in [1.165, 1.54) is 37.1 Å². The second-order valence-corrected chi connectivity index (χ2v) is 4.16. The number of para-hydroxylation sites is 1. The third-order valence-corrected chi connectivity index (χ3v) is 3.21. The van der Waals surface area contributed by atoms with Gasteiger partial charge in [0.1, 0.15) is 0 Å². The van der Waals surface area contributed by atoms with Crippen molar-refractivity contribution in [2.24, 2.45) is 0 Å². The fourth-order valence-corrected chi connectivity index (χ4v) is 2.55. The maximum absolute atomic E-state index is 2.43. The first-order valence-corrected chi connectivity index (χ1v) is 5.49. The minimum atomic E-state index is 1.11. The first-order chi connectivity index (χ1) is 6.95. The first-order valence-electron chi connectivity index (χ1n) is 5.49. The van der Waals surface area contributed by atoms with Gasteiger partial charge in [0.05, 0.1) is 0 Å². The molecule has 0 atom stereocenters. The van der Waals surface area contributed by atoms with Crippen molar-refractivity contribution in [1.29, 1.82) is 0 Å². The van der Waals surface area contributed by atoms with Gasteiger partial charge in [0.25, 0.3) is 0 Å². The summed E-state index contributed by atoms with van der Waals surface area (Å²) in [6.45, 7) is 1.19. The molecule has 1 nitrogen and oxygen atoms in total. The van der Waals surface area contributed by atoms with Crippen LogP contribution in [0.1, 0.15) is 24.0 Å². The molecule has 2 heterocycles. The minimum absolute atomic E-state index is 1.11. The zero-order valence-corrected chi connectivity index (χ0v) is 8.37. The molecule has 0 radical (unpaired) electrons. The molecular formula is C13H15N. The summed E-state index contributed by atoms with van der Waals surface area (Å²) in [6.07, 6.45) is 9.56. The van der Waals surface area contributed by atoms with E-state index < -0.39 is 0 Å². The molecule has 1 aromatic carbocycles. The molecule has 0 N–H and O–H groups in total. The zero-order chi connectivity index (χ0) is 9.38. The molecule has 2 aliphatic heterocycles. The Balaban J connectivity index is 2.18. The van der Waals surface area contributed by atoms with Crippen LogP contribution in [0.25, 0.3) is 0 Å². The van der Waals surface area contributed by atoms with Crippen LogP contribution in [0.2, 0.25) is 0 Å². The number of hydrogen-bond acceptors (Lipinski definition) is 1. The summed E-state index contributed by atoms with van der Waals surface area (Å²) in [5, 5.41) is 0. The van der Waals surface area contributed by atoms with Crippen LogP contribution in [-0.4, -0.2) is 6.54 Å². The molecule has 0 aromatic heterocycles. The summed E-state index contributed by atoms with van der Waals surface area (Å²) >= 11 is 0. The zero-order valence-electron chi connectivity index (χ0n) is 8.37. The Hall–Kier alpha value is -1.24. The van der Waals surface area contributed by atoms with E-state index in [4.69, 9.17) is 0 Å². The average molecular weight is 185 g/mol. The third-order valence-electron chi connectivity index (χ3n) is 3.21. The van der Waals surface area contributed by atoms with Gasteiger partial charge in [-0.25, -0.2) is 0 Å². The predicted molar refractivity (Wildman–Crippen MR) is 59.6 cm³/mol. The molecule has 14 heavy (non-hydrogen) atoms. The summed E-state index contributed by atoms with van der Waals surface area (Å²) in [4.78, 5) is 2.43. The first kappa shape index (κ1) is 8.10. The Morgan fingerprint density at radius 2 is 2.00 bits per heavy atom. The van der Waals surface area contributed by atoms with Crippen LogP contribution < -0.4 is 4.90 Å². The van der Waals surface area contributed by atoms with Crippen molar-refractivity contribution in [3.05, 3.63) is 41.6 Å². The summed E-state index contributed by atoms with van der Waals surface area (Å²) in [5.74, 6) is 0. The van der Waals surface area contributed by atoms with Crippen molar-refractivity contribution in [3.63, 3.8) is 0 Å². The summed E-state index contributed by atoms with van der Waals surface area (Å²) in [7, 11) is 0. The molecule has 0 unspecified atom stereocenters. The predicted octanol–water partition coefficient (Wildman–Crippen LogP) is 2.90. The minimum Gasteiger partial charge on any atom is -0.348 e. The average Bonchev–Trinajstić information content (AvgIpc) is 2.44. The van der Waals surface area contributed by atoms with Gasteiger partial charge in [-0.15, -0.1) is 0 Å². The molecule has 0 aliphatic carbocycles. The molecule has 0 amide bonds. The van der Waals surface area contributed by atoms with E-state index in [-0.39, 0.29) is 0 Å². The largest absolute Gasteiger partial charge is 0.348 e. The van der Waals surface area contributed by atoms with Crippen LogP contribution in [0.4, 0.5) is 5.69 Å². The van der Waals surface area contributed by atoms with Crippen molar-refractivity contribution >= 4 is 5.69 Å². The van der Waals surface area contributed by atoms with Crippen LogP contribution in [-0.2, 0) is 12.8 Å². The molecule has 0 bridgehead atoms. The van der Waals surface area contributed by atoms with Gasteiger partial charge in [-0.2, -0.15) is 0 Å². The normalized spacial score (nSPS) is 19.0. The number of benzene rings is 1. The fourth-order valence-electron chi connectivity index (χ4n) is 2.55. The summed E-state index contributed by atoms with van der Waals surface area (Å²) in [5.41, 5.74) is 4.56. The van der Waals surface area contributed by atoms with E-state index in [9.17, 15) is 0 Å². The lowest BCUT2D eigenvalue weighted by atomic mass is 9.99. The molecule has 1 aromatic rings. The molecule has 2 aliphatic rings. The highest BCUT2D eigenvalue weighted by atomic mass is 15.1. The second kappa shape index (κ2) is 3.16. The number of aryl methyl sites for hydroxylation is 1. The van der Waals surface area contributed by atoms with Crippen molar-refractivity contribution in [2.45, 2.75) is 25.7 Å². The van der Waals surface area contributed by atoms with Gasteiger partial charge in [0.2, 0.25) is 0 Å². The van der Waals surface area contributed by atoms with Crippen LogP contribution in [0.5, 0.6) is 0 Å². The topological polar surface area (TPSA) is 3.24 Å². The Bertz CT molecular complexity index is 379. The Labute approximate surface area is 85.0 Å². The van der Waals surface area contributed by atoms with E-state index in [0.29, 0.717) is 0 Å². The van der Waals surface area contributed by atoms with E-state index in [2.05, 4.69) is 35.4 Å². The third kappa shape index (κ3) is 1.16. The van der Waals surface area contributed by atoms with Gasteiger partial charge >= 0.3 is 0 Å². The van der Waals surface area contributed by atoms with Gasteiger partial charge < -0.3 is 4.90 Å².